The van der Waals surface area contributed by atoms with E-state index < -0.39 is 21.7 Å². The van der Waals surface area contributed by atoms with Crippen molar-refractivity contribution in [1.82, 2.24) is 20.1 Å². The molecule has 1 N–H and O–H groups in total. The molecule has 0 spiro atoms. The van der Waals surface area contributed by atoms with Gasteiger partial charge in [-0.1, -0.05) is 6.07 Å². The molecular formula is C33H29F2N5O5S. The van der Waals surface area contributed by atoms with Crippen molar-refractivity contribution in [2.24, 2.45) is 0 Å². The van der Waals surface area contributed by atoms with Crippen molar-refractivity contribution in [1.29, 1.82) is 0 Å². The number of amides is 1. The van der Waals surface area contributed by atoms with E-state index in [1.54, 1.807) is 31.4 Å². The molecule has 0 unspecified atom stereocenters. The fourth-order valence-electron chi connectivity index (χ4n) is 5.48. The molecule has 0 bridgehead atoms. The molecule has 0 aliphatic rings. The summed E-state index contributed by atoms with van der Waals surface area (Å²) in [5.74, 6) is -1.11. The van der Waals surface area contributed by atoms with Crippen molar-refractivity contribution < 1.29 is 31.1 Å². The van der Waals surface area contributed by atoms with Crippen LogP contribution in [0.2, 0.25) is 0 Å². The minimum Gasteiger partial charge on any atom is -0.455 e. The molecule has 0 aliphatic heterocycles. The number of sulfonamides is 1. The van der Waals surface area contributed by atoms with Gasteiger partial charge in [-0.15, -0.1) is 0 Å². The van der Waals surface area contributed by atoms with Crippen molar-refractivity contribution in [3.05, 3.63) is 90.1 Å². The molecule has 0 atom stereocenters. The van der Waals surface area contributed by atoms with Gasteiger partial charge in [0.05, 0.1) is 47.2 Å². The number of benzene rings is 3. The van der Waals surface area contributed by atoms with Crippen molar-refractivity contribution in [2.75, 3.05) is 38.4 Å². The summed E-state index contributed by atoms with van der Waals surface area (Å²) in [6, 6.07) is 16.9. The Morgan fingerprint density at radius 3 is 2.50 bits per heavy atom. The van der Waals surface area contributed by atoms with E-state index in [9.17, 15) is 22.0 Å². The fourth-order valence-corrected chi connectivity index (χ4v) is 5.99. The smallest absolute Gasteiger partial charge is 0.255 e. The van der Waals surface area contributed by atoms with Gasteiger partial charge in [-0.05, 0) is 54.6 Å². The molecule has 3 heterocycles. The first-order chi connectivity index (χ1) is 22.0. The average Bonchev–Trinajstić information content (AvgIpc) is 3.61. The maximum absolute atomic E-state index is 14.8. The molecule has 1 amide bonds. The highest BCUT2D eigenvalue weighted by atomic mass is 32.2. The molecule has 0 aliphatic carbocycles. The van der Waals surface area contributed by atoms with Crippen LogP contribution in [0, 0.1) is 11.6 Å². The van der Waals surface area contributed by atoms with Gasteiger partial charge in [-0.3, -0.25) is 9.10 Å². The number of hydrogen-bond acceptors (Lipinski definition) is 7. The second-order valence-corrected chi connectivity index (χ2v) is 12.7. The molecule has 6 rings (SSSR count). The largest absolute Gasteiger partial charge is 0.455 e. The fraction of sp³-hybridized carbons (Fsp3) is 0.182. The lowest BCUT2D eigenvalue weighted by molar-refractivity contribution is 0.0964. The number of hydrogen-bond donors (Lipinski definition) is 1. The van der Waals surface area contributed by atoms with Gasteiger partial charge in [0.15, 0.2) is 0 Å². The summed E-state index contributed by atoms with van der Waals surface area (Å²) in [5.41, 5.74) is 3.63. The summed E-state index contributed by atoms with van der Waals surface area (Å²) in [7, 11) is 0.677. The molecule has 3 aromatic heterocycles. The number of nitrogens with one attached hydrogen (secondary N) is 1. The highest BCUT2D eigenvalue weighted by molar-refractivity contribution is 7.92. The molecule has 13 heteroatoms. The van der Waals surface area contributed by atoms with E-state index in [0.29, 0.717) is 57.5 Å². The number of halogens is 2. The van der Waals surface area contributed by atoms with Gasteiger partial charge in [-0.2, -0.15) is 10.2 Å². The number of aromatic nitrogens is 3. The summed E-state index contributed by atoms with van der Waals surface area (Å²) in [4.78, 5) is 13.2. The molecule has 0 saturated heterocycles. The highest BCUT2D eigenvalue weighted by Gasteiger charge is 2.27. The monoisotopic (exact) mass is 645 g/mol. The number of anilines is 1. The molecule has 46 heavy (non-hydrogen) atoms. The molecule has 0 fully saturated rings. The number of carbonyl (C=O) groups excluding carboxylic acids is 1. The Balaban J connectivity index is 1.61. The zero-order valence-electron chi connectivity index (χ0n) is 25.3. The molecular weight excluding hydrogens is 616 g/mol. The minimum absolute atomic E-state index is 0.179. The van der Waals surface area contributed by atoms with Crippen LogP contribution in [0.25, 0.3) is 55.7 Å². The second-order valence-electron chi connectivity index (χ2n) is 10.7. The van der Waals surface area contributed by atoms with Crippen LogP contribution in [0.1, 0.15) is 10.4 Å². The van der Waals surface area contributed by atoms with E-state index in [1.807, 2.05) is 10.6 Å². The normalized spacial score (nSPS) is 11.8. The number of nitrogens with zero attached hydrogens (tertiary/aromatic N) is 4. The summed E-state index contributed by atoms with van der Waals surface area (Å²) in [5, 5.41) is 12.0. The molecule has 0 saturated carbocycles. The van der Waals surface area contributed by atoms with Gasteiger partial charge >= 0.3 is 0 Å². The number of furan rings is 1. The standard InChI is InChI=1S/C33H29F2N5O5S/c1-36-33(41)31-24-15-23(29(39(2)46(4,42)43)17-30(24)45-32(31)19-8-10-21(34)11-9-19)26-14-20(18-37-38-26)28-16-22-25(35)6-5-7-27(22)40(28)12-13-44-3/h5-11,14-18H,12-13H2,1-4H3,(H,36,41). The van der Waals surface area contributed by atoms with Crippen LogP contribution in [-0.2, 0) is 21.3 Å². The third kappa shape index (κ3) is 5.48. The van der Waals surface area contributed by atoms with Crippen molar-refractivity contribution in [3.8, 4) is 33.8 Å². The predicted molar refractivity (Wildman–Crippen MR) is 172 cm³/mol. The quantitative estimate of drug-likeness (QED) is 0.209. The van der Waals surface area contributed by atoms with Gasteiger partial charge in [0.25, 0.3) is 5.91 Å². The third-order valence-corrected chi connectivity index (χ3v) is 9.03. The first-order valence-corrected chi connectivity index (χ1v) is 16.0. The molecule has 6 aromatic rings. The van der Waals surface area contributed by atoms with Gasteiger partial charge in [0.1, 0.15) is 23.0 Å². The van der Waals surface area contributed by atoms with E-state index >= 15 is 0 Å². The van der Waals surface area contributed by atoms with Crippen molar-refractivity contribution in [2.45, 2.75) is 6.54 Å². The summed E-state index contributed by atoms with van der Waals surface area (Å²) >= 11 is 0. The Bertz CT molecular complexity index is 2230. The number of carbonyl (C=O) groups is 1. The summed E-state index contributed by atoms with van der Waals surface area (Å²) < 4.78 is 68.6. The van der Waals surface area contributed by atoms with Crippen LogP contribution >= 0.6 is 0 Å². The zero-order chi connectivity index (χ0) is 32.7. The number of rotatable bonds is 9. The average molecular weight is 646 g/mol. The Kier molecular flexibility index (Phi) is 8.04. The SMILES string of the molecule is CNC(=O)c1c(-c2ccc(F)cc2)oc2cc(N(C)S(C)(=O)=O)c(-c3cc(-c4cc5c(F)cccc5n4CCOC)cnn3)cc12. The number of ether oxygens (including phenoxy) is 1. The third-order valence-electron chi connectivity index (χ3n) is 7.84. The van der Waals surface area contributed by atoms with E-state index in [-0.39, 0.29) is 28.4 Å². The van der Waals surface area contributed by atoms with Crippen LogP contribution in [0.5, 0.6) is 0 Å². The molecule has 3 aromatic carbocycles. The molecule has 236 valence electrons. The Morgan fingerprint density at radius 1 is 1.04 bits per heavy atom. The summed E-state index contributed by atoms with van der Waals surface area (Å²) in [6.07, 6.45) is 2.60. The first-order valence-electron chi connectivity index (χ1n) is 14.1. The van der Waals surface area contributed by atoms with Crippen molar-refractivity contribution >= 4 is 43.5 Å². The Hall–Kier alpha value is -5.14. The van der Waals surface area contributed by atoms with Gasteiger partial charge in [-0.25, -0.2) is 17.2 Å². The Morgan fingerprint density at radius 2 is 1.80 bits per heavy atom. The van der Waals surface area contributed by atoms with Gasteiger partial charge in [0, 0.05) is 61.3 Å². The van der Waals surface area contributed by atoms with E-state index in [2.05, 4.69) is 15.5 Å². The second kappa shape index (κ2) is 12.0. The van der Waals surface area contributed by atoms with E-state index in [0.717, 1.165) is 10.6 Å². The zero-order valence-corrected chi connectivity index (χ0v) is 26.2. The molecule has 10 nitrogen and oxygen atoms in total. The lowest BCUT2D eigenvalue weighted by Gasteiger charge is -2.20. The van der Waals surface area contributed by atoms with Gasteiger partial charge in [0.2, 0.25) is 10.0 Å². The maximum atomic E-state index is 14.8. The number of methoxy groups -OCH3 is 1. The van der Waals surface area contributed by atoms with Gasteiger partial charge < -0.3 is 19.0 Å². The lowest BCUT2D eigenvalue weighted by atomic mass is 10.00. The number of fused-ring (bicyclic) bond motifs is 2. The predicted octanol–water partition coefficient (Wildman–Crippen LogP) is 5.86. The topological polar surface area (TPSA) is 120 Å². The van der Waals surface area contributed by atoms with E-state index in [1.165, 1.54) is 56.7 Å². The first kappa shape index (κ1) is 30.9. The maximum Gasteiger partial charge on any atom is 0.255 e. The summed E-state index contributed by atoms with van der Waals surface area (Å²) in [6.45, 7) is 0.804. The van der Waals surface area contributed by atoms with Crippen LogP contribution in [0.3, 0.4) is 0 Å². The van der Waals surface area contributed by atoms with Crippen LogP contribution < -0.4 is 9.62 Å². The van der Waals surface area contributed by atoms with E-state index in [4.69, 9.17) is 9.15 Å². The molecule has 0 radical (unpaired) electrons. The van der Waals surface area contributed by atoms with Crippen molar-refractivity contribution in [3.63, 3.8) is 0 Å². The lowest BCUT2D eigenvalue weighted by Crippen LogP contribution is -2.25. The Labute approximate surface area is 263 Å². The van der Waals surface area contributed by atoms with Crippen LogP contribution in [0.4, 0.5) is 14.5 Å². The highest BCUT2D eigenvalue weighted by Crippen LogP contribution is 2.41. The minimum atomic E-state index is -3.77. The van der Waals surface area contributed by atoms with Crippen LogP contribution in [0.15, 0.2) is 77.3 Å². The van der Waals surface area contributed by atoms with Crippen LogP contribution in [-0.4, -0.2) is 63.2 Å².